The summed E-state index contributed by atoms with van der Waals surface area (Å²) < 4.78 is 27.4. The third-order valence-corrected chi connectivity index (χ3v) is 5.43. The number of nitrogens with one attached hydrogen (secondary N) is 2. The minimum Gasteiger partial charge on any atom is -0.481 e. The molecule has 27 heavy (non-hydrogen) atoms. The van der Waals surface area contributed by atoms with E-state index >= 15 is 0 Å². The fourth-order valence-corrected chi connectivity index (χ4v) is 3.55. The molecule has 0 fully saturated rings. The smallest absolute Gasteiger partial charge is 0.305 e. The molecule has 0 heterocycles. The highest BCUT2D eigenvalue weighted by Gasteiger charge is 2.16. The normalized spacial score (nSPS) is 12.3. The number of carbonyl (C=O) groups is 2. The van der Waals surface area contributed by atoms with E-state index in [0.717, 1.165) is 11.1 Å². The van der Waals surface area contributed by atoms with Crippen molar-refractivity contribution < 1.29 is 23.1 Å². The van der Waals surface area contributed by atoms with Gasteiger partial charge in [0.25, 0.3) is 15.9 Å². The molecule has 0 saturated carbocycles. The highest BCUT2D eigenvalue weighted by Crippen LogP contribution is 2.19. The summed E-state index contributed by atoms with van der Waals surface area (Å²) in [7, 11) is -3.73. The van der Waals surface area contributed by atoms with E-state index in [9.17, 15) is 18.0 Å². The molecular formula is C19H22N2O5S. The molecule has 0 aliphatic carbocycles. The van der Waals surface area contributed by atoms with E-state index in [1.165, 1.54) is 30.3 Å². The van der Waals surface area contributed by atoms with Crippen LogP contribution in [0, 0.1) is 13.8 Å². The largest absolute Gasteiger partial charge is 0.481 e. The Morgan fingerprint density at radius 2 is 1.67 bits per heavy atom. The van der Waals surface area contributed by atoms with Crippen molar-refractivity contribution in [1.29, 1.82) is 0 Å². The predicted molar refractivity (Wildman–Crippen MR) is 102 cm³/mol. The molecule has 3 N–H and O–H groups in total. The average molecular weight is 390 g/mol. The summed E-state index contributed by atoms with van der Waals surface area (Å²) in [4.78, 5) is 22.9. The van der Waals surface area contributed by atoms with E-state index in [-0.39, 0.29) is 11.3 Å². The van der Waals surface area contributed by atoms with Gasteiger partial charge < -0.3 is 10.4 Å². The Kier molecular flexibility index (Phi) is 6.22. The molecule has 1 amide bonds. The van der Waals surface area contributed by atoms with Crippen LogP contribution in [0.25, 0.3) is 0 Å². The van der Waals surface area contributed by atoms with Crippen LogP contribution in [0.15, 0.2) is 47.4 Å². The molecule has 7 nitrogen and oxygen atoms in total. The van der Waals surface area contributed by atoms with Crippen LogP contribution in [0.5, 0.6) is 0 Å². The number of carboxylic acids is 1. The summed E-state index contributed by atoms with van der Waals surface area (Å²) in [6.07, 6.45) is -0.181. The highest BCUT2D eigenvalue weighted by atomic mass is 32.2. The van der Waals surface area contributed by atoms with Crippen molar-refractivity contribution in [1.82, 2.24) is 5.32 Å². The molecule has 0 spiro atoms. The zero-order valence-electron chi connectivity index (χ0n) is 15.3. The van der Waals surface area contributed by atoms with Gasteiger partial charge in [-0.3, -0.25) is 14.3 Å². The zero-order valence-corrected chi connectivity index (χ0v) is 16.1. The first-order chi connectivity index (χ1) is 12.6. The number of carboxylic acid groups (broad SMARTS) is 1. The number of hydrogen-bond donors (Lipinski definition) is 3. The van der Waals surface area contributed by atoms with E-state index < -0.39 is 27.9 Å². The Bertz CT molecular complexity index is 953. The first-order valence-electron chi connectivity index (χ1n) is 8.31. The van der Waals surface area contributed by atoms with Crippen molar-refractivity contribution in [3.05, 3.63) is 59.2 Å². The van der Waals surface area contributed by atoms with Crippen molar-refractivity contribution in [3.8, 4) is 0 Å². The van der Waals surface area contributed by atoms with E-state index in [1.807, 2.05) is 13.8 Å². The first kappa shape index (κ1) is 20.4. The number of benzene rings is 2. The Morgan fingerprint density at radius 3 is 2.22 bits per heavy atom. The molecule has 8 heteroatoms. The second-order valence-corrected chi connectivity index (χ2v) is 8.08. The van der Waals surface area contributed by atoms with E-state index in [0.29, 0.717) is 11.3 Å². The van der Waals surface area contributed by atoms with Crippen molar-refractivity contribution in [2.24, 2.45) is 0 Å². The van der Waals surface area contributed by atoms with Gasteiger partial charge in [0.2, 0.25) is 0 Å². The van der Waals surface area contributed by atoms with Gasteiger partial charge in [-0.1, -0.05) is 6.07 Å². The monoisotopic (exact) mass is 390 g/mol. The van der Waals surface area contributed by atoms with Gasteiger partial charge in [0, 0.05) is 17.3 Å². The molecule has 2 aromatic rings. The number of amides is 1. The van der Waals surface area contributed by atoms with Crippen LogP contribution < -0.4 is 10.0 Å². The number of aryl methyl sites for hydroxylation is 2. The fraction of sp³-hybridized carbons (Fsp3) is 0.263. The summed E-state index contributed by atoms with van der Waals surface area (Å²) >= 11 is 0. The quantitative estimate of drug-likeness (QED) is 0.673. The van der Waals surface area contributed by atoms with Gasteiger partial charge in [-0.2, -0.15) is 0 Å². The van der Waals surface area contributed by atoms with Crippen molar-refractivity contribution in [3.63, 3.8) is 0 Å². The molecule has 0 aliphatic rings. The van der Waals surface area contributed by atoms with E-state index in [4.69, 9.17) is 5.11 Å². The molecule has 0 bridgehead atoms. The Morgan fingerprint density at radius 1 is 1.04 bits per heavy atom. The van der Waals surface area contributed by atoms with Crippen LogP contribution >= 0.6 is 0 Å². The molecule has 2 aromatic carbocycles. The molecule has 0 radical (unpaired) electrons. The molecule has 0 aromatic heterocycles. The van der Waals surface area contributed by atoms with E-state index in [2.05, 4.69) is 10.0 Å². The maximum absolute atomic E-state index is 12.5. The predicted octanol–water partition coefficient (Wildman–Crippen LogP) is 2.70. The summed E-state index contributed by atoms with van der Waals surface area (Å²) in [5.41, 5.74) is 2.51. The van der Waals surface area contributed by atoms with Gasteiger partial charge in [-0.25, -0.2) is 8.42 Å². The fourth-order valence-electron chi connectivity index (χ4n) is 2.40. The molecule has 2 rings (SSSR count). The summed E-state index contributed by atoms with van der Waals surface area (Å²) in [5.74, 6) is -1.42. The number of rotatable bonds is 7. The lowest BCUT2D eigenvalue weighted by molar-refractivity contribution is -0.137. The van der Waals surface area contributed by atoms with Gasteiger partial charge in [0.05, 0.1) is 11.3 Å². The molecule has 1 atom stereocenters. The number of anilines is 1. The van der Waals surface area contributed by atoms with Gasteiger partial charge in [-0.05, 0) is 68.3 Å². The van der Waals surface area contributed by atoms with Crippen molar-refractivity contribution in [2.45, 2.75) is 38.1 Å². The number of sulfonamides is 1. The third-order valence-electron chi connectivity index (χ3n) is 4.05. The topological polar surface area (TPSA) is 113 Å². The van der Waals surface area contributed by atoms with E-state index in [1.54, 1.807) is 19.1 Å². The molecule has 0 saturated heterocycles. The number of aliphatic carboxylic acids is 1. The molecular weight excluding hydrogens is 368 g/mol. The summed E-state index contributed by atoms with van der Waals surface area (Å²) in [6, 6.07) is 10.3. The lowest BCUT2D eigenvalue weighted by Gasteiger charge is -2.12. The summed E-state index contributed by atoms with van der Waals surface area (Å²) in [6.45, 7) is 5.34. The Hall–Kier alpha value is -2.87. The second-order valence-electron chi connectivity index (χ2n) is 6.40. The van der Waals surface area contributed by atoms with Crippen molar-refractivity contribution >= 4 is 27.6 Å². The highest BCUT2D eigenvalue weighted by molar-refractivity contribution is 7.92. The molecule has 1 unspecified atom stereocenters. The molecule has 0 aliphatic heterocycles. The molecule has 144 valence electrons. The van der Waals surface area contributed by atoms with Gasteiger partial charge in [0.1, 0.15) is 0 Å². The standard InChI is InChI=1S/C19H22N2O5S/c1-12-4-9-17(10-13(12)2)27(25,26)21-16-7-5-15(6-8-16)19(24)20-14(3)11-18(22)23/h4-10,14,21H,11H2,1-3H3,(H,20,24)(H,22,23). The van der Waals surface area contributed by atoms with Crippen LogP contribution in [0.1, 0.15) is 34.8 Å². The van der Waals surface area contributed by atoms with Gasteiger partial charge in [0.15, 0.2) is 0 Å². The lowest BCUT2D eigenvalue weighted by atomic mass is 10.1. The Balaban J connectivity index is 2.09. The average Bonchev–Trinajstić information content (AvgIpc) is 2.56. The number of hydrogen-bond acceptors (Lipinski definition) is 4. The van der Waals surface area contributed by atoms with Crippen LogP contribution in [-0.2, 0) is 14.8 Å². The lowest BCUT2D eigenvalue weighted by Crippen LogP contribution is -2.34. The van der Waals surface area contributed by atoms with Gasteiger partial charge >= 0.3 is 5.97 Å². The SMILES string of the molecule is Cc1ccc(S(=O)(=O)Nc2ccc(C(=O)NC(C)CC(=O)O)cc2)cc1C. The first-order valence-corrected chi connectivity index (χ1v) is 9.79. The van der Waals surface area contributed by atoms with Gasteiger partial charge in [-0.15, -0.1) is 0 Å². The van der Waals surface area contributed by atoms with Crippen LogP contribution in [0.3, 0.4) is 0 Å². The zero-order chi connectivity index (χ0) is 20.2. The van der Waals surface area contributed by atoms with Crippen LogP contribution in [0.4, 0.5) is 5.69 Å². The Labute approximate surface area is 158 Å². The third kappa shape index (κ3) is 5.55. The van der Waals surface area contributed by atoms with Crippen LogP contribution in [-0.4, -0.2) is 31.4 Å². The maximum Gasteiger partial charge on any atom is 0.305 e. The maximum atomic E-state index is 12.5. The summed E-state index contributed by atoms with van der Waals surface area (Å²) in [5, 5.41) is 11.3. The minimum absolute atomic E-state index is 0.162. The van der Waals surface area contributed by atoms with Crippen LogP contribution in [0.2, 0.25) is 0 Å². The van der Waals surface area contributed by atoms with Crippen molar-refractivity contribution in [2.75, 3.05) is 4.72 Å². The second kappa shape index (κ2) is 8.22. The number of carbonyl (C=O) groups excluding carboxylic acids is 1. The minimum atomic E-state index is -3.73.